The zero-order chi connectivity index (χ0) is 17.6. The van der Waals surface area contributed by atoms with E-state index >= 15 is 0 Å². The summed E-state index contributed by atoms with van der Waals surface area (Å²) in [6.07, 6.45) is 6.79. The number of hydrogen-bond donors (Lipinski definition) is 0. The molecule has 2 aliphatic rings. The standard InChI is InChI=1S/C19H32N4O2/c1-3-21(4-2)11-16-12-22(14-17-9-10-20-23(17)13-16)19(24)15-25-18-7-5-6-8-18/h9-10,16,18H,3-8,11-15H2,1-2H3/t16-/m0/s1. The summed E-state index contributed by atoms with van der Waals surface area (Å²) >= 11 is 0. The first-order valence-corrected chi connectivity index (χ1v) is 9.82. The molecule has 1 aromatic rings. The lowest BCUT2D eigenvalue weighted by Crippen LogP contribution is -2.40. The average molecular weight is 348 g/mol. The van der Waals surface area contributed by atoms with E-state index < -0.39 is 0 Å². The highest BCUT2D eigenvalue weighted by molar-refractivity contribution is 5.77. The minimum Gasteiger partial charge on any atom is -0.368 e. The zero-order valence-electron chi connectivity index (χ0n) is 15.7. The van der Waals surface area contributed by atoms with Crippen molar-refractivity contribution in [1.29, 1.82) is 0 Å². The molecule has 0 unspecified atom stereocenters. The van der Waals surface area contributed by atoms with Crippen molar-refractivity contribution in [3.8, 4) is 0 Å². The summed E-state index contributed by atoms with van der Waals surface area (Å²) in [5.74, 6) is 0.516. The van der Waals surface area contributed by atoms with E-state index in [-0.39, 0.29) is 18.6 Å². The number of ether oxygens (including phenoxy) is 1. The first kappa shape index (κ1) is 18.4. The molecular formula is C19H32N4O2. The maximum absolute atomic E-state index is 12.8. The molecule has 1 aliphatic carbocycles. The predicted molar refractivity (Wildman–Crippen MR) is 97.1 cm³/mol. The monoisotopic (exact) mass is 348 g/mol. The highest BCUT2D eigenvalue weighted by Crippen LogP contribution is 2.22. The molecule has 1 fully saturated rings. The third kappa shape index (κ3) is 4.82. The van der Waals surface area contributed by atoms with Gasteiger partial charge in [-0.1, -0.05) is 26.7 Å². The minimum atomic E-state index is 0.117. The maximum atomic E-state index is 12.8. The number of amides is 1. The van der Waals surface area contributed by atoms with E-state index in [1.54, 1.807) is 0 Å². The molecule has 3 rings (SSSR count). The summed E-state index contributed by atoms with van der Waals surface area (Å²) in [6.45, 7) is 9.99. The van der Waals surface area contributed by atoms with Gasteiger partial charge in [-0.25, -0.2) is 0 Å². The third-order valence-electron chi connectivity index (χ3n) is 5.58. The van der Waals surface area contributed by atoms with Crippen LogP contribution in [0.15, 0.2) is 12.3 Å². The maximum Gasteiger partial charge on any atom is 0.248 e. The summed E-state index contributed by atoms with van der Waals surface area (Å²) in [4.78, 5) is 17.2. The van der Waals surface area contributed by atoms with E-state index in [1.807, 2.05) is 17.2 Å². The molecule has 0 bridgehead atoms. The molecule has 0 spiro atoms. The quantitative estimate of drug-likeness (QED) is 0.758. The number of carbonyl (C=O) groups is 1. The Labute approximate surface area is 151 Å². The molecule has 0 N–H and O–H groups in total. The number of rotatable bonds is 7. The van der Waals surface area contributed by atoms with E-state index in [0.717, 1.165) is 51.3 Å². The van der Waals surface area contributed by atoms with Gasteiger partial charge in [0.25, 0.3) is 0 Å². The van der Waals surface area contributed by atoms with Crippen LogP contribution < -0.4 is 0 Å². The largest absolute Gasteiger partial charge is 0.368 e. The van der Waals surface area contributed by atoms with Crippen LogP contribution in [-0.4, -0.2) is 64.4 Å². The number of aromatic nitrogens is 2. The fourth-order valence-electron chi connectivity index (χ4n) is 4.02. The van der Waals surface area contributed by atoms with Crippen LogP contribution in [0, 0.1) is 5.92 Å². The van der Waals surface area contributed by atoms with Crippen LogP contribution in [0.25, 0.3) is 0 Å². The summed E-state index contributed by atoms with van der Waals surface area (Å²) in [5.41, 5.74) is 1.12. The second-order valence-corrected chi connectivity index (χ2v) is 7.35. The average Bonchev–Trinajstić information content (AvgIpc) is 3.26. The van der Waals surface area contributed by atoms with Crippen molar-refractivity contribution in [3.63, 3.8) is 0 Å². The Hall–Kier alpha value is -1.40. The molecule has 1 aromatic heterocycles. The predicted octanol–water partition coefficient (Wildman–Crippen LogP) is 2.14. The van der Waals surface area contributed by atoms with Crippen LogP contribution in [-0.2, 0) is 22.6 Å². The van der Waals surface area contributed by atoms with Crippen molar-refractivity contribution >= 4 is 5.91 Å². The summed E-state index contributed by atoms with van der Waals surface area (Å²) in [5, 5.41) is 4.46. The van der Waals surface area contributed by atoms with E-state index in [9.17, 15) is 4.79 Å². The smallest absolute Gasteiger partial charge is 0.248 e. The van der Waals surface area contributed by atoms with Crippen LogP contribution in [0.1, 0.15) is 45.2 Å². The first-order valence-electron chi connectivity index (χ1n) is 9.82. The van der Waals surface area contributed by atoms with Crippen molar-refractivity contribution in [2.45, 2.75) is 58.7 Å². The Bertz CT molecular complexity index is 549. The number of hydrogen-bond acceptors (Lipinski definition) is 4. The van der Waals surface area contributed by atoms with Crippen LogP contribution in [0.2, 0.25) is 0 Å². The molecule has 25 heavy (non-hydrogen) atoms. The van der Waals surface area contributed by atoms with Crippen molar-refractivity contribution in [1.82, 2.24) is 19.6 Å². The summed E-state index contributed by atoms with van der Waals surface area (Å²) < 4.78 is 7.93. The Kier molecular flexibility index (Phi) is 6.48. The van der Waals surface area contributed by atoms with E-state index in [1.165, 1.54) is 12.8 Å². The van der Waals surface area contributed by atoms with E-state index in [4.69, 9.17) is 4.74 Å². The van der Waals surface area contributed by atoms with Crippen LogP contribution in [0.3, 0.4) is 0 Å². The van der Waals surface area contributed by atoms with Crippen LogP contribution in [0.4, 0.5) is 0 Å². The van der Waals surface area contributed by atoms with Gasteiger partial charge < -0.3 is 14.5 Å². The van der Waals surface area contributed by atoms with Crippen molar-refractivity contribution in [2.75, 3.05) is 32.8 Å². The van der Waals surface area contributed by atoms with Gasteiger partial charge in [0.15, 0.2) is 0 Å². The normalized spacial score (nSPS) is 21.6. The first-order chi connectivity index (χ1) is 12.2. The zero-order valence-corrected chi connectivity index (χ0v) is 15.7. The van der Waals surface area contributed by atoms with Crippen LogP contribution in [0.5, 0.6) is 0 Å². The van der Waals surface area contributed by atoms with Gasteiger partial charge in [0.05, 0.1) is 18.3 Å². The Balaban J connectivity index is 1.63. The molecular weight excluding hydrogens is 316 g/mol. The van der Waals surface area contributed by atoms with Gasteiger partial charge in [0.1, 0.15) is 6.61 Å². The Morgan fingerprint density at radius 1 is 1.28 bits per heavy atom. The lowest BCUT2D eigenvalue weighted by molar-refractivity contribution is -0.139. The second-order valence-electron chi connectivity index (χ2n) is 7.35. The molecule has 0 aromatic carbocycles. The van der Waals surface area contributed by atoms with Crippen LogP contribution >= 0.6 is 0 Å². The molecule has 0 radical (unpaired) electrons. The molecule has 6 heteroatoms. The lowest BCUT2D eigenvalue weighted by Gasteiger charge is -2.28. The number of fused-ring (bicyclic) bond motifs is 1. The minimum absolute atomic E-state index is 0.117. The molecule has 1 saturated carbocycles. The molecule has 1 atom stereocenters. The van der Waals surface area contributed by atoms with Crippen molar-refractivity contribution in [2.24, 2.45) is 5.92 Å². The molecule has 1 aliphatic heterocycles. The molecule has 140 valence electrons. The number of nitrogens with zero attached hydrogens (tertiary/aromatic N) is 4. The van der Waals surface area contributed by atoms with Gasteiger partial charge in [-0.05, 0) is 32.0 Å². The van der Waals surface area contributed by atoms with E-state index in [0.29, 0.717) is 12.5 Å². The molecule has 1 amide bonds. The lowest BCUT2D eigenvalue weighted by atomic mass is 10.1. The topological polar surface area (TPSA) is 50.6 Å². The van der Waals surface area contributed by atoms with Gasteiger partial charge in [0.2, 0.25) is 5.91 Å². The number of carbonyl (C=O) groups excluding carboxylic acids is 1. The molecule has 0 saturated heterocycles. The highest BCUT2D eigenvalue weighted by atomic mass is 16.5. The molecule has 6 nitrogen and oxygen atoms in total. The Morgan fingerprint density at radius 2 is 2.04 bits per heavy atom. The van der Waals surface area contributed by atoms with Gasteiger partial charge in [-0.15, -0.1) is 0 Å². The van der Waals surface area contributed by atoms with Gasteiger partial charge >= 0.3 is 0 Å². The second kappa shape index (κ2) is 8.81. The Morgan fingerprint density at radius 3 is 2.76 bits per heavy atom. The van der Waals surface area contributed by atoms with Crippen molar-refractivity contribution in [3.05, 3.63) is 18.0 Å². The highest BCUT2D eigenvalue weighted by Gasteiger charge is 2.27. The van der Waals surface area contributed by atoms with Crippen molar-refractivity contribution < 1.29 is 9.53 Å². The van der Waals surface area contributed by atoms with Gasteiger partial charge in [-0.3, -0.25) is 9.48 Å². The fraction of sp³-hybridized carbons (Fsp3) is 0.789. The van der Waals surface area contributed by atoms with Gasteiger partial charge in [0, 0.05) is 31.7 Å². The molecule has 2 heterocycles. The summed E-state index contributed by atoms with van der Waals surface area (Å²) in [7, 11) is 0. The fourth-order valence-corrected chi connectivity index (χ4v) is 4.02. The van der Waals surface area contributed by atoms with Gasteiger partial charge in [-0.2, -0.15) is 5.10 Å². The third-order valence-corrected chi connectivity index (χ3v) is 5.58. The summed E-state index contributed by atoms with van der Waals surface area (Å²) in [6, 6.07) is 2.03. The van der Waals surface area contributed by atoms with E-state index in [2.05, 4.69) is 28.5 Å². The SMILES string of the molecule is CCN(CC)C[C@H]1CN(C(=O)COC2CCCC2)Cc2ccnn2C1.